The number of nitrogens with zero attached hydrogens (tertiary/aromatic N) is 2. The molecule has 0 fully saturated rings. The van der Waals surface area contributed by atoms with Crippen LogP contribution in [0.1, 0.15) is 23.7 Å². The lowest BCUT2D eigenvalue weighted by molar-refractivity contribution is -0.134. The molecule has 1 aromatic carbocycles. The molecule has 2 aromatic rings. The van der Waals surface area contributed by atoms with Gasteiger partial charge in [0.05, 0.1) is 16.4 Å². The first-order chi connectivity index (χ1) is 10.3. The Morgan fingerprint density at radius 1 is 1.18 bits per heavy atom. The summed E-state index contributed by atoms with van der Waals surface area (Å²) in [6.45, 7) is 6.53. The van der Waals surface area contributed by atoms with Crippen LogP contribution in [0.5, 0.6) is 0 Å². The molecule has 0 aliphatic rings. The van der Waals surface area contributed by atoms with Crippen molar-refractivity contribution in [3.8, 4) is 11.3 Å². The Labute approximate surface area is 130 Å². The van der Waals surface area contributed by atoms with E-state index in [0.29, 0.717) is 35.1 Å². The fourth-order valence-electron chi connectivity index (χ4n) is 2.29. The normalized spacial score (nSPS) is 11.8. The maximum absolute atomic E-state index is 14.2. The lowest BCUT2D eigenvalue weighted by Gasteiger charge is -2.21. The first-order valence-electron chi connectivity index (χ1n) is 6.87. The molecule has 0 bridgehead atoms. The summed E-state index contributed by atoms with van der Waals surface area (Å²) in [5.41, 5.74) is 0.319. The Balaban J connectivity index is 2.50. The summed E-state index contributed by atoms with van der Waals surface area (Å²) in [4.78, 5) is 4.93. The second-order valence-electron chi connectivity index (χ2n) is 4.75. The van der Waals surface area contributed by atoms with E-state index in [0.717, 1.165) is 6.07 Å². The maximum atomic E-state index is 14.2. The predicted molar refractivity (Wildman–Crippen MR) is 80.8 cm³/mol. The summed E-state index contributed by atoms with van der Waals surface area (Å²) in [6.07, 6.45) is -4.49. The van der Waals surface area contributed by atoms with Gasteiger partial charge in [-0.25, -0.2) is 9.37 Å². The molecule has 0 atom stereocenters. The second kappa shape index (κ2) is 6.24. The zero-order valence-corrected chi connectivity index (χ0v) is 13.3. The quantitative estimate of drug-likeness (QED) is 0.722. The average Bonchev–Trinajstić information content (AvgIpc) is 2.84. The van der Waals surface area contributed by atoms with Gasteiger partial charge in [0.2, 0.25) is 0 Å². The molecule has 1 heterocycles. The second-order valence-corrected chi connectivity index (χ2v) is 5.95. The molecule has 7 heteroatoms. The van der Waals surface area contributed by atoms with Crippen molar-refractivity contribution in [2.45, 2.75) is 26.9 Å². The highest BCUT2D eigenvalue weighted by Gasteiger charge is 2.37. The van der Waals surface area contributed by atoms with Crippen LogP contribution >= 0.6 is 11.3 Å². The minimum absolute atomic E-state index is 0.144. The molecule has 1 aromatic heterocycles. The van der Waals surface area contributed by atoms with Crippen LogP contribution in [0, 0.1) is 12.7 Å². The summed E-state index contributed by atoms with van der Waals surface area (Å²) in [5, 5.41) is 0.301. The molecule has 2 rings (SSSR count). The molecule has 0 aliphatic heterocycles. The monoisotopic (exact) mass is 332 g/mol. The van der Waals surface area contributed by atoms with Gasteiger partial charge in [0, 0.05) is 18.7 Å². The molecule has 0 N–H and O–H groups in total. The standard InChI is InChI=1S/C15H16F4N2S/c1-4-21(5-2)12-7-6-10(8-11(12)16)13-14(15(17,18)19)22-9(3)20-13/h6-8H,4-5H2,1-3H3. The van der Waals surface area contributed by atoms with Crippen molar-refractivity contribution in [3.63, 3.8) is 0 Å². The van der Waals surface area contributed by atoms with Crippen LogP contribution in [0.25, 0.3) is 11.3 Å². The van der Waals surface area contributed by atoms with Crippen molar-refractivity contribution >= 4 is 17.0 Å². The first kappa shape index (κ1) is 16.7. The van der Waals surface area contributed by atoms with Gasteiger partial charge in [-0.15, -0.1) is 11.3 Å². The molecular formula is C15H16F4N2S. The van der Waals surface area contributed by atoms with Crippen molar-refractivity contribution in [1.82, 2.24) is 4.98 Å². The lowest BCUT2D eigenvalue weighted by Crippen LogP contribution is -2.22. The van der Waals surface area contributed by atoms with Crippen LogP contribution in [-0.2, 0) is 6.18 Å². The summed E-state index contributed by atoms with van der Waals surface area (Å²) in [5.74, 6) is -0.542. The fourth-order valence-corrected chi connectivity index (χ4v) is 3.10. The van der Waals surface area contributed by atoms with Crippen LogP contribution < -0.4 is 4.90 Å². The molecular weight excluding hydrogens is 316 g/mol. The van der Waals surface area contributed by atoms with Crippen molar-refractivity contribution in [2.24, 2.45) is 0 Å². The molecule has 0 amide bonds. The number of hydrogen-bond donors (Lipinski definition) is 0. The summed E-state index contributed by atoms with van der Waals surface area (Å²) in [6, 6.07) is 4.12. The molecule has 0 spiro atoms. The first-order valence-corrected chi connectivity index (χ1v) is 7.69. The van der Waals surface area contributed by atoms with Crippen molar-refractivity contribution in [1.29, 1.82) is 0 Å². The van der Waals surface area contributed by atoms with Crippen LogP contribution in [0.4, 0.5) is 23.2 Å². The van der Waals surface area contributed by atoms with Gasteiger partial charge in [-0.2, -0.15) is 13.2 Å². The van der Waals surface area contributed by atoms with Crippen LogP contribution in [-0.4, -0.2) is 18.1 Å². The third kappa shape index (κ3) is 3.24. The molecule has 22 heavy (non-hydrogen) atoms. The highest BCUT2D eigenvalue weighted by Crippen LogP contribution is 2.41. The SMILES string of the molecule is CCN(CC)c1ccc(-c2nc(C)sc2C(F)(F)F)cc1F. The van der Waals surface area contributed by atoms with Crippen LogP contribution in [0.3, 0.4) is 0 Å². The van der Waals surface area contributed by atoms with E-state index in [1.165, 1.54) is 19.1 Å². The van der Waals surface area contributed by atoms with E-state index in [-0.39, 0.29) is 11.3 Å². The molecule has 0 saturated heterocycles. The van der Waals surface area contributed by atoms with Gasteiger partial charge in [-0.1, -0.05) is 6.07 Å². The fraction of sp³-hybridized carbons (Fsp3) is 0.400. The molecule has 120 valence electrons. The van der Waals surface area contributed by atoms with Gasteiger partial charge < -0.3 is 4.90 Å². The zero-order chi connectivity index (χ0) is 16.5. The zero-order valence-electron chi connectivity index (χ0n) is 12.5. The molecule has 0 saturated carbocycles. The Kier molecular flexibility index (Phi) is 4.75. The lowest BCUT2D eigenvalue weighted by atomic mass is 10.1. The van der Waals surface area contributed by atoms with Gasteiger partial charge in [-0.05, 0) is 32.9 Å². The molecule has 2 nitrogen and oxygen atoms in total. The number of alkyl halides is 3. The highest BCUT2D eigenvalue weighted by atomic mass is 32.1. The van der Waals surface area contributed by atoms with Crippen molar-refractivity contribution in [2.75, 3.05) is 18.0 Å². The highest BCUT2D eigenvalue weighted by molar-refractivity contribution is 7.12. The molecule has 0 radical (unpaired) electrons. The van der Waals surface area contributed by atoms with Crippen molar-refractivity contribution in [3.05, 3.63) is 33.9 Å². The minimum atomic E-state index is -4.49. The van der Waals surface area contributed by atoms with E-state index in [1.807, 2.05) is 13.8 Å². The van der Waals surface area contributed by atoms with Gasteiger partial charge in [-0.3, -0.25) is 0 Å². The third-order valence-corrected chi connectivity index (χ3v) is 4.33. The van der Waals surface area contributed by atoms with Crippen LogP contribution in [0.15, 0.2) is 18.2 Å². The van der Waals surface area contributed by atoms with E-state index in [2.05, 4.69) is 4.98 Å². The van der Waals surface area contributed by atoms with Gasteiger partial charge in [0.25, 0.3) is 0 Å². The van der Waals surface area contributed by atoms with E-state index in [9.17, 15) is 17.6 Å². The summed E-state index contributed by atoms with van der Waals surface area (Å²) in [7, 11) is 0. The number of anilines is 1. The Hall–Kier alpha value is -1.63. The van der Waals surface area contributed by atoms with E-state index in [4.69, 9.17) is 0 Å². The average molecular weight is 332 g/mol. The third-order valence-electron chi connectivity index (χ3n) is 3.32. The largest absolute Gasteiger partial charge is 0.427 e. The van der Waals surface area contributed by atoms with Gasteiger partial charge >= 0.3 is 6.18 Å². The number of halogens is 4. The minimum Gasteiger partial charge on any atom is -0.370 e. The summed E-state index contributed by atoms with van der Waals surface area (Å²) < 4.78 is 53.3. The molecule has 0 unspecified atom stereocenters. The van der Waals surface area contributed by atoms with Gasteiger partial charge in [0.1, 0.15) is 10.7 Å². The Morgan fingerprint density at radius 2 is 1.82 bits per heavy atom. The van der Waals surface area contributed by atoms with E-state index < -0.39 is 16.9 Å². The predicted octanol–water partition coefficient (Wildman–Crippen LogP) is 5.12. The van der Waals surface area contributed by atoms with E-state index >= 15 is 0 Å². The molecule has 0 aliphatic carbocycles. The number of rotatable bonds is 4. The number of thiazole rings is 1. The van der Waals surface area contributed by atoms with E-state index in [1.54, 1.807) is 4.90 Å². The topological polar surface area (TPSA) is 16.1 Å². The Bertz CT molecular complexity index is 660. The van der Waals surface area contributed by atoms with Crippen molar-refractivity contribution < 1.29 is 17.6 Å². The number of aromatic nitrogens is 1. The van der Waals surface area contributed by atoms with Crippen LogP contribution in [0.2, 0.25) is 0 Å². The number of aryl methyl sites for hydroxylation is 1. The smallest absolute Gasteiger partial charge is 0.370 e. The Morgan fingerprint density at radius 3 is 2.32 bits per heavy atom. The summed E-state index contributed by atoms with van der Waals surface area (Å²) >= 11 is 0.573. The van der Waals surface area contributed by atoms with Gasteiger partial charge in [0.15, 0.2) is 0 Å². The number of benzene rings is 1. The number of hydrogen-bond acceptors (Lipinski definition) is 3. The maximum Gasteiger partial charge on any atom is 0.427 e.